The van der Waals surface area contributed by atoms with Crippen LogP contribution in [-0.2, 0) is 0 Å². The van der Waals surface area contributed by atoms with Gasteiger partial charge in [0.1, 0.15) is 0 Å². The van der Waals surface area contributed by atoms with Gasteiger partial charge in [-0.2, -0.15) is 0 Å². The number of carbonyl (C=O) groups is 1. The van der Waals surface area contributed by atoms with Gasteiger partial charge < -0.3 is 19.7 Å². The van der Waals surface area contributed by atoms with Crippen molar-refractivity contribution in [2.45, 2.75) is 18.9 Å². The molecule has 1 heterocycles. The van der Waals surface area contributed by atoms with Crippen LogP contribution in [0.25, 0.3) is 11.1 Å². The summed E-state index contributed by atoms with van der Waals surface area (Å²) in [5, 5.41) is 3.54. The molecule has 0 radical (unpaired) electrons. The smallest absolute Gasteiger partial charge is 0.253 e. The molecule has 160 valence electrons. The van der Waals surface area contributed by atoms with Gasteiger partial charge in [0.2, 0.25) is 0 Å². The van der Waals surface area contributed by atoms with E-state index in [4.69, 9.17) is 9.47 Å². The summed E-state index contributed by atoms with van der Waals surface area (Å²) in [5.41, 5.74) is 3.96. The number of anilines is 1. The first-order chi connectivity index (χ1) is 15.2. The van der Waals surface area contributed by atoms with Crippen molar-refractivity contribution >= 4 is 11.6 Å². The van der Waals surface area contributed by atoms with Crippen LogP contribution < -0.4 is 14.8 Å². The van der Waals surface area contributed by atoms with Crippen molar-refractivity contribution < 1.29 is 14.3 Å². The van der Waals surface area contributed by atoms with Crippen molar-refractivity contribution in [2.24, 2.45) is 0 Å². The molecule has 3 aromatic rings. The molecule has 0 aromatic heterocycles. The molecule has 1 fully saturated rings. The fourth-order valence-electron chi connectivity index (χ4n) is 4.06. The molecule has 4 rings (SSSR count). The lowest BCUT2D eigenvalue weighted by molar-refractivity contribution is 0.0715. The van der Waals surface area contributed by atoms with Gasteiger partial charge in [-0.05, 0) is 48.2 Å². The first-order valence-electron chi connectivity index (χ1n) is 10.6. The first kappa shape index (κ1) is 20.8. The Morgan fingerprint density at radius 2 is 1.61 bits per heavy atom. The second-order valence-corrected chi connectivity index (χ2v) is 7.75. The second kappa shape index (κ2) is 9.56. The fraction of sp³-hybridized carbons (Fsp3) is 0.269. The van der Waals surface area contributed by atoms with Gasteiger partial charge in [0.15, 0.2) is 11.5 Å². The molecule has 1 N–H and O–H groups in total. The Balaban J connectivity index is 1.42. The van der Waals surface area contributed by atoms with Gasteiger partial charge in [0.05, 0.1) is 14.2 Å². The minimum Gasteiger partial charge on any atom is -0.493 e. The van der Waals surface area contributed by atoms with Gasteiger partial charge in [-0.25, -0.2) is 0 Å². The average molecular weight is 417 g/mol. The third-order valence-corrected chi connectivity index (χ3v) is 5.70. The molecule has 5 nitrogen and oxygen atoms in total. The van der Waals surface area contributed by atoms with Crippen molar-refractivity contribution in [2.75, 3.05) is 32.6 Å². The number of methoxy groups -OCH3 is 2. The van der Waals surface area contributed by atoms with Crippen LogP contribution in [0.15, 0.2) is 72.8 Å². The molecule has 0 saturated carbocycles. The number of ether oxygens (including phenoxy) is 2. The zero-order valence-electron chi connectivity index (χ0n) is 18.0. The third kappa shape index (κ3) is 4.82. The monoisotopic (exact) mass is 416 g/mol. The molecule has 1 amide bonds. The molecule has 1 atom stereocenters. The summed E-state index contributed by atoms with van der Waals surface area (Å²) in [6.45, 7) is 1.46. The molecule has 0 unspecified atom stereocenters. The van der Waals surface area contributed by atoms with E-state index in [0.717, 1.165) is 41.8 Å². The summed E-state index contributed by atoms with van der Waals surface area (Å²) in [4.78, 5) is 15.0. The molecule has 0 bridgehead atoms. The quantitative estimate of drug-likeness (QED) is 0.608. The Labute approximate surface area is 183 Å². The number of likely N-dealkylation sites (tertiary alicyclic amines) is 1. The number of nitrogens with zero attached hydrogens (tertiary/aromatic N) is 1. The van der Waals surface area contributed by atoms with Crippen molar-refractivity contribution in [3.05, 3.63) is 78.4 Å². The highest BCUT2D eigenvalue weighted by Crippen LogP contribution is 2.30. The topological polar surface area (TPSA) is 50.8 Å². The van der Waals surface area contributed by atoms with Crippen LogP contribution in [0.4, 0.5) is 5.69 Å². The summed E-state index contributed by atoms with van der Waals surface area (Å²) in [7, 11) is 3.26. The molecule has 3 aromatic carbocycles. The average Bonchev–Trinajstić information content (AvgIpc) is 2.84. The predicted octanol–water partition coefficient (Wildman–Crippen LogP) is 5.09. The van der Waals surface area contributed by atoms with E-state index in [1.54, 1.807) is 14.2 Å². The molecule has 1 aliphatic rings. The standard InChI is InChI=1S/C26H28N2O3/c1-30-24-15-14-22(17-25(24)31-2)27-23-9-6-16-28(18-23)26(29)21-12-10-20(11-13-21)19-7-4-3-5-8-19/h3-5,7-8,10-15,17,23,27H,6,9,16,18H2,1-2H3/t23-/m0/s1. The molecular formula is C26H28N2O3. The van der Waals surface area contributed by atoms with Crippen molar-refractivity contribution in [3.8, 4) is 22.6 Å². The first-order valence-corrected chi connectivity index (χ1v) is 10.6. The highest BCUT2D eigenvalue weighted by molar-refractivity contribution is 5.94. The maximum Gasteiger partial charge on any atom is 0.253 e. The van der Waals surface area contributed by atoms with Crippen LogP contribution in [0.3, 0.4) is 0 Å². The molecule has 0 spiro atoms. The van der Waals surface area contributed by atoms with E-state index in [1.807, 2.05) is 65.6 Å². The van der Waals surface area contributed by atoms with Gasteiger partial charge in [0.25, 0.3) is 5.91 Å². The van der Waals surface area contributed by atoms with E-state index in [0.29, 0.717) is 18.0 Å². The Bertz CT molecular complexity index is 1020. The Hall–Kier alpha value is -3.47. The highest BCUT2D eigenvalue weighted by atomic mass is 16.5. The molecular weight excluding hydrogens is 388 g/mol. The molecule has 1 aliphatic heterocycles. The number of amides is 1. The lowest BCUT2D eigenvalue weighted by atomic mass is 10.0. The number of hydrogen-bond acceptors (Lipinski definition) is 4. The summed E-state index contributed by atoms with van der Waals surface area (Å²) in [5.74, 6) is 1.47. The molecule has 1 saturated heterocycles. The minimum absolute atomic E-state index is 0.0819. The Kier molecular flexibility index (Phi) is 6.41. The number of hydrogen-bond donors (Lipinski definition) is 1. The van der Waals surface area contributed by atoms with E-state index >= 15 is 0 Å². The number of carbonyl (C=O) groups excluding carboxylic acids is 1. The van der Waals surface area contributed by atoms with Gasteiger partial charge in [-0.1, -0.05) is 42.5 Å². The van der Waals surface area contributed by atoms with Crippen LogP contribution in [0.5, 0.6) is 11.5 Å². The molecule has 31 heavy (non-hydrogen) atoms. The normalized spacial score (nSPS) is 15.9. The van der Waals surface area contributed by atoms with E-state index in [1.165, 1.54) is 0 Å². The number of rotatable bonds is 6. The van der Waals surface area contributed by atoms with Crippen molar-refractivity contribution in [1.82, 2.24) is 4.90 Å². The number of benzene rings is 3. The highest BCUT2D eigenvalue weighted by Gasteiger charge is 2.24. The second-order valence-electron chi connectivity index (χ2n) is 7.75. The Morgan fingerprint density at radius 3 is 2.32 bits per heavy atom. The fourth-order valence-corrected chi connectivity index (χ4v) is 4.06. The Morgan fingerprint density at radius 1 is 0.903 bits per heavy atom. The van der Waals surface area contributed by atoms with Crippen molar-refractivity contribution in [3.63, 3.8) is 0 Å². The maximum atomic E-state index is 13.1. The lowest BCUT2D eigenvalue weighted by Gasteiger charge is -2.34. The van der Waals surface area contributed by atoms with Crippen LogP contribution in [0.1, 0.15) is 23.2 Å². The zero-order chi connectivity index (χ0) is 21.6. The zero-order valence-corrected chi connectivity index (χ0v) is 18.0. The summed E-state index contributed by atoms with van der Waals surface area (Å²) in [6.07, 6.45) is 1.99. The van der Waals surface area contributed by atoms with Gasteiger partial charge in [-0.3, -0.25) is 4.79 Å². The van der Waals surface area contributed by atoms with Crippen LogP contribution in [0.2, 0.25) is 0 Å². The SMILES string of the molecule is COc1ccc(N[C@H]2CCCN(C(=O)c3ccc(-c4ccccc4)cc3)C2)cc1OC. The summed E-state index contributed by atoms with van der Waals surface area (Å²) in [6, 6.07) is 24.1. The van der Waals surface area contributed by atoms with Gasteiger partial charge in [0, 0.05) is 36.4 Å². The lowest BCUT2D eigenvalue weighted by Crippen LogP contribution is -2.45. The van der Waals surface area contributed by atoms with Gasteiger partial charge in [-0.15, -0.1) is 0 Å². The number of piperidine rings is 1. The maximum absolute atomic E-state index is 13.1. The number of nitrogens with one attached hydrogen (secondary N) is 1. The van der Waals surface area contributed by atoms with E-state index in [9.17, 15) is 4.79 Å². The predicted molar refractivity (Wildman–Crippen MR) is 124 cm³/mol. The van der Waals surface area contributed by atoms with Crippen molar-refractivity contribution in [1.29, 1.82) is 0 Å². The van der Waals surface area contributed by atoms with Crippen LogP contribution >= 0.6 is 0 Å². The van der Waals surface area contributed by atoms with Gasteiger partial charge >= 0.3 is 0 Å². The third-order valence-electron chi connectivity index (χ3n) is 5.70. The van der Waals surface area contributed by atoms with E-state index in [-0.39, 0.29) is 11.9 Å². The minimum atomic E-state index is 0.0819. The summed E-state index contributed by atoms with van der Waals surface area (Å²) < 4.78 is 10.7. The molecule has 0 aliphatic carbocycles. The van der Waals surface area contributed by atoms with Crippen LogP contribution in [0, 0.1) is 0 Å². The van der Waals surface area contributed by atoms with E-state index < -0.39 is 0 Å². The summed E-state index contributed by atoms with van der Waals surface area (Å²) >= 11 is 0. The molecule has 5 heteroatoms. The largest absolute Gasteiger partial charge is 0.493 e. The van der Waals surface area contributed by atoms with E-state index in [2.05, 4.69) is 17.4 Å². The van der Waals surface area contributed by atoms with Crippen LogP contribution in [-0.4, -0.2) is 44.2 Å².